The largest absolute Gasteiger partial charge is 0.477 e. The predicted octanol–water partition coefficient (Wildman–Crippen LogP) is 0.747. The summed E-state index contributed by atoms with van der Waals surface area (Å²) in [6.45, 7) is 3.82. The van der Waals surface area contributed by atoms with Crippen molar-refractivity contribution in [1.29, 1.82) is 0 Å². The number of fused-ring (bicyclic) bond motifs is 1. The third-order valence-electron chi connectivity index (χ3n) is 2.78. The highest BCUT2D eigenvalue weighted by Gasteiger charge is 2.29. The number of hydrogen-bond donors (Lipinski definition) is 3. The molecule has 0 saturated heterocycles. The summed E-state index contributed by atoms with van der Waals surface area (Å²) in [4.78, 5) is 12.0. The van der Waals surface area contributed by atoms with Crippen molar-refractivity contribution in [3.8, 4) is 5.75 Å². The average molecular weight is 250 g/mol. The van der Waals surface area contributed by atoms with E-state index in [1.54, 1.807) is 13.8 Å². The number of nitrogens with one attached hydrogen (secondary N) is 2. The van der Waals surface area contributed by atoms with Gasteiger partial charge in [0.1, 0.15) is 5.75 Å². The molecule has 18 heavy (non-hydrogen) atoms. The number of benzene rings is 1. The van der Waals surface area contributed by atoms with Gasteiger partial charge in [0, 0.05) is 0 Å². The lowest BCUT2D eigenvalue weighted by Gasteiger charge is -2.30. The summed E-state index contributed by atoms with van der Waals surface area (Å²) < 4.78 is 5.63. The Bertz CT molecular complexity index is 446. The Balaban J connectivity index is 2.03. The first-order valence-electron chi connectivity index (χ1n) is 5.94. The van der Waals surface area contributed by atoms with Gasteiger partial charge in [-0.15, -0.1) is 0 Å². The van der Waals surface area contributed by atoms with Crippen LogP contribution in [0.3, 0.4) is 0 Å². The lowest BCUT2D eigenvalue weighted by molar-refractivity contribution is -0.129. The number of carbonyl (C=O) groups is 1. The van der Waals surface area contributed by atoms with Gasteiger partial charge in [0.05, 0.1) is 24.4 Å². The van der Waals surface area contributed by atoms with Crippen LogP contribution in [-0.4, -0.2) is 35.8 Å². The van der Waals surface area contributed by atoms with Crippen LogP contribution in [0.25, 0.3) is 0 Å². The minimum atomic E-state index is -0.641. The first-order chi connectivity index (χ1) is 8.52. The van der Waals surface area contributed by atoms with Gasteiger partial charge in [0.25, 0.3) is 5.91 Å². The molecule has 1 amide bonds. The minimum Gasteiger partial charge on any atom is -0.477 e. The molecule has 1 atom stereocenters. The summed E-state index contributed by atoms with van der Waals surface area (Å²) in [6.07, 6.45) is -0.578. The molecule has 0 bridgehead atoms. The first-order valence-corrected chi connectivity index (χ1v) is 5.94. The zero-order chi connectivity index (χ0) is 13.2. The molecule has 5 heteroatoms. The zero-order valence-corrected chi connectivity index (χ0v) is 10.6. The lowest BCUT2D eigenvalue weighted by Crippen LogP contribution is -2.53. The van der Waals surface area contributed by atoms with Gasteiger partial charge in [-0.2, -0.15) is 0 Å². The average Bonchev–Trinajstić information content (AvgIpc) is 2.37. The lowest BCUT2D eigenvalue weighted by atomic mass is 10.1. The Morgan fingerprint density at radius 1 is 1.56 bits per heavy atom. The Hall–Kier alpha value is -1.75. The number of carbonyl (C=O) groups excluding carboxylic acids is 1. The normalized spacial score (nSPS) is 18.3. The van der Waals surface area contributed by atoms with E-state index in [0.717, 1.165) is 5.69 Å². The molecule has 0 saturated carbocycles. The van der Waals surface area contributed by atoms with Crippen LogP contribution in [0.15, 0.2) is 24.3 Å². The molecular weight excluding hydrogens is 232 g/mol. The molecule has 5 nitrogen and oxygen atoms in total. The number of para-hydroxylation sites is 2. The molecule has 1 unspecified atom stereocenters. The summed E-state index contributed by atoms with van der Waals surface area (Å²) in [5.74, 6) is 0.446. The van der Waals surface area contributed by atoms with Crippen LogP contribution >= 0.6 is 0 Å². The van der Waals surface area contributed by atoms with Crippen molar-refractivity contribution in [1.82, 2.24) is 5.32 Å². The fourth-order valence-corrected chi connectivity index (χ4v) is 1.71. The van der Waals surface area contributed by atoms with E-state index in [1.165, 1.54) is 0 Å². The molecule has 0 spiro atoms. The number of aliphatic hydroxyl groups is 1. The molecule has 2 rings (SSSR count). The number of anilines is 1. The van der Waals surface area contributed by atoms with Crippen molar-refractivity contribution < 1.29 is 14.6 Å². The molecule has 0 aliphatic carbocycles. The van der Waals surface area contributed by atoms with Gasteiger partial charge < -0.3 is 20.5 Å². The number of ether oxygens (including phenoxy) is 1. The molecule has 0 aromatic heterocycles. The summed E-state index contributed by atoms with van der Waals surface area (Å²) in [5, 5.41) is 15.0. The van der Waals surface area contributed by atoms with Crippen molar-refractivity contribution in [3.05, 3.63) is 24.3 Å². The molecule has 1 aliphatic rings. The number of amides is 1. The number of rotatable bonds is 3. The second-order valence-corrected chi connectivity index (χ2v) is 5.01. The summed E-state index contributed by atoms with van der Waals surface area (Å²) >= 11 is 0. The van der Waals surface area contributed by atoms with Crippen LogP contribution in [0.2, 0.25) is 0 Å². The number of aliphatic hydroxyl groups excluding tert-OH is 1. The smallest absolute Gasteiger partial charge is 0.263 e. The second-order valence-electron chi connectivity index (χ2n) is 5.01. The fraction of sp³-hybridized carbons (Fsp3) is 0.462. The predicted molar refractivity (Wildman–Crippen MR) is 68.7 cm³/mol. The Kier molecular flexibility index (Phi) is 3.43. The maximum Gasteiger partial charge on any atom is 0.263 e. The first kappa shape index (κ1) is 12.7. The molecule has 0 fully saturated rings. The third-order valence-corrected chi connectivity index (χ3v) is 2.78. The van der Waals surface area contributed by atoms with E-state index in [-0.39, 0.29) is 12.5 Å². The highest BCUT2D eigenvalue weighted by Crippen LogP contribution is 2.28. The molecule has 0 radical (unpaired) electrons. The summed E-state index contributed by atoms with van der Waals surface area (Å²) in [5.41, 5.74) is 0.250. The maximum atomic E-state index is 12.0. The van der Waals surface area contributed by atoms with Gasteiger partial charge in [0.15, 0.2) is 6.10 Å². The maximum absolute atomic E-state index is 12.0. The Morgan fingerprint density at radius 2 is 2.28 bits per heavy atom. The molecular formula is C13H18N2O3. The van der Waals surface area contributed by atoms with Gasteiger partial charge in [0.2, 0.25) is 0 Å². The second kappa shape index (κ2) is 4.86. The highest BCUT2D eigenvalue weighted by atomic mass is 16.5. The van der Waals surface area contributed by atoms with E-state index in [0.29, 0.717) is 12.3 Å². The quantitative estimate of drug-likeness (QED) is 0.740. The standard InChI is InChI=1S/C13H18N2O3/c1-13(2,8-16)15-12(17)11-7-14-9-5-3-4-6-10(9)18-11/h3-6,11,14,16H,7-8H2,1-2H3,(H,15,17). The van der Waals surface area contributed by atoms with E-state index in [2.05, 4.69) is 10.6 Å². The molecule has 1 aromatic rings. The fourth-order valence-electron chi connectivity index (χ4n) is 1.71. The van der Waals surface area contributed by atoms with Gasteiger partial charge >= 0.3 is 0 Å². The van der Waals surface area contributed by atoms with Crippen LogP contribution in [0.4, 0.5) is 5.69 Å². The summed E-state index contributed by atoms with van der Waals surface area (Å²) in [7, 11) is 0. The Morgan fingerprint density at radius 3 is 3.00 bits per heavy atom. The zero-order valence-electron chi connectivity index (χ0n) is 10.6. The molecule has 1 heterocycles. The molecule has 1 aromatic carbocycles. The molecule has 1 aliphatic heterocycles. The van der Waals surface area contributed by atoms with Crippen molar-refractivity contribution in [2.45, 2.75) is 25.5 Å². The van der Waals surface area contributed by atoms with E-state index < -0.39 is 11.6 Å². The van der Waals surface area contributed by atoms with Crippen LogP contribution in [0.1, 0.15) is 13.8 Å². The Labute approximate surface area is 106 Å². The minimum absolute atomic E-state index is 0.116. The third kappa shape index (κ3) is 2.73. The van der Waals surface area contributed by atoms with Crippen LogP contribution in [0.5, 0.6) is 5.75 Å². The topological polar surface area (TPSA) is 70.6 Å². The van der Waals surface area contributed by atoms with Crippen molar-refractivity contribution in [2.75, 3.05) is 18.5 Å². The highest BCUT2D eigenvalue weighted by molar-refractivity contribution is 5.83. The molecule has 98 valence electrons. The van der Waals surface area contributed by atoms with Gasteiger partial charge in [-0.3, -0.25) is 4.79 Å². The summed E-state index contributed by atoms with van der Waals surface area (Å²) in [6, 6.07) is 7.49. The van der Waals surface area contributed by atoms with Crippen molar-refractivity contribution >= 4 is 11.6 Å². The van der Waals surface area contributed by atoms with Crippen LogP contribution in [-0.2, 0) is 4.79 Å². The van der Waals surface area contributed by atoms with Crippen molar-refractivity contribution in [3.63, 3.8) is 0 Å². The van der Waals surface area contributed by atoms with Gasteiger partial charge in [-0.05, 0) is 26.0 Å². The van der Waals surface area contributed by atoms with E-state index in [4.69, 9.17) is 9.84 Å². The molecule has 3 N–H and O–H groups in total. The van der Waals surface area contributed by atoms with Gasteiger partial charge in [-0.25, -0.2) is 0 Å². The van der Waals surface area contributed by atoms with E-state index in [1.807, 2.05) is 24.3 Å². The SMILES string of the molecule is CC(C)(CO)NC(=O)C1CNc2ccccc2O1. The number of hydrogen-bond acceptors (Lipinski definition) is 4. The van der Waals surface area contributed by atoms with Gasteiger partial charge in [-0.1, -0.05) is 12.1 Å². The van der Waals surface area contributed by atoms with Crippen LogP contribution < -0.4 is 15.4 Å². The van der Waals surface area contributed by atoms with E-state index in [9.17, 15) is 4.79 Å². The monoisotopic (exact) mass is 250 g/mol. The van der Waals surface area contributed by atoms with E-state index >= 15 is 0 Å². The van der Waals surface area contributed by atoms with Crippen molar-refractivity contribution in [2.24, 2.45) is 0 Å². The van der Waals surface area contributed by atoms with Crippen LogP contribution in [0, 0.1) is 0 Å².